The summed E-state index contributed by atoms with van der Waals surface area (Å²) in [6, 6.07) is 6.45. The van der Waals surface area contributed by atoms with Crippen molar-refractivity contribution in [1.82, 2.24) is 19.2 Å². The Morgan fingerprint density at radius 1 is 1.22 bits per heavy atom. The molecule has 9 heteroatoms. The molecule has 1 aliphatic rings. The fourth-order valence-corrected chi connectivity index (χ4v) is 4.65. The van der Waals surface area contributed by atoms with E-state index in [1.54, 1.807) is 43.8 Å². The minimum atomic E-state index is -3.57. The van der Waals surface area contributed by atoms with Gasteiger partial charge in [-0.25, -0.2) is 13.4 Å². The molecule has 0 radical (unpaired) electrons. The van der Waals surface area contributed by atoms with Crippen molar-refractivity contribution in [2.24, 2.45) is 0 Å². The molecule has 1 atom stereocenters. The van der Waals surface area contributed by atoms with Gasteiger partial charge in [0.1, 0.15) is 18.2 Å². The first kappa shape index (κ1) is 19.8. The normalized spacial score (nSPS) is 19.3. The number of methoxy groups -OCH3 is 1. The Morgan fingerprint density at radius 3 is 2.63 bits per heavy atom. The molecule has 1 aromatic carbocycles. The van der Waals surface area contributed by atoms with E-state index in [0.717, 1.165) is 12.4 Å². The third-order valence-electron chi connectivity index (χ3n) is 4.71. The number of hydrogen-bond donors (Lipinski definition) is 1. The maximum absolute atomic E-state index is 13.1. The fourth-order valence-electron chi connectivity index (χ4n) is 3.21. The summed E-state index contributed by atoms with van der Waals surface area (Å²) in [5.41, 5.74) is 0. The van der Waals surface area contributed by atoms with Crippen LogP contribution >= 0.6 is 0 Å². The SMILES string of the molecule is CCN1CCN(S(=O)(=O)c2ccc(OCCOC)cc2)CC1c1ncc[nH]1. The van der Waals surface area contributed by atoms with Gasteiger partial charge in [-0.3, -0.25) is 4.90 Å². The number of nitrogens with one attached hydrogen (secondary N) is 1. The second-order valence-electron chi connectivity index (χ2n) is 6.29. The average Bonchev–Trinajstić information content (AvgIpc) is 3.23. The maximum atomic E-state index is 13.1. The molecule has 0 amide bonds. The van der Waals surface area contributed by atoms with Gasteiger partial charge < -0.3 is 14.5 Å². The van der Waals surface area contributed by atoms with E-state index in [4.69, 9.17) is 9.47 Å². The first-order valence-corrected chi connectivity index (χ1v) is 10.5. The quantitative estimate of drug-likeness (QED) is 0.683. The zero-order chi connectivity index (χ0) is 19.3. The number of benzene rings is 1. The fraction of sp³-hybridized carbons (Fsp3) is 0.500. The summed E-state index contributed by atoms with van der Waals surface area (Å²) in [6.07, 6.45) is 3.46. The van der Waals surface area contributed by atoms with Crippen LogP contribution in [0.15, 0.2) is 41.6 Å². The molecule has 1 N–H and O–H groups in total. The van der Waals surface area contributed by atoms with Crippen LogP contribution in [0, 0.1) is 0 Å². The van der Waals surface area contributed by atoms with Crippen molar-refractivity contribution >= 4 is 10.0 Å². The second-order valence-corrected chi connectivity index (χ2v) is 8.23. The molecule has 0 bridgehead atoms. The summed E-state index contributed by atoms with van der Waals surface area (Å²) in [6.45, 7) is 5.31. The molecule has 1 fully saturated rings. The molecule has 0 aliphatic carbocycles. The van der Waals surface area contributed by atoms with Crippen molar-refractivity contribution in [2.45, 2.75) is 17.9 Å². The van der Waals surface area contributed by atoms with Crippen LogP contribution in [0.1, 0.15) is 18.8 Å². The first-order valence-electron chi connectivity index (χ1n) is 9.01. The number of aromatic amines is 1. The van der Waals surface area contributed by atoms with Crippen LogP contribution in [0.3, 0.4) is 0 Å². The third kappa shape index (κ3) is 4.49. The monoisotopic (exact) mass is 394 g/mol. The third-order valence-corrected chi connectivity index (χ3v) is 6.59. The van der Waals surface area contributed by atoms with Gasteiger partial charge in [-0.15, -0.1) is 0 Å². The number of H-pyrrole nitrogens is 1. The molecule has 1 aliphatic heterocycles. The van der Waals surface area contributed by atoms with E-state index in [2.05, 4.69) is 21.8 Å². The van der Waals surface area contributed by atoms with Gasteiger partial charge >= 0.3 is 0 Å². The van der Waals surface area contributed by atoms with Crippen LogP contribution in [0.5, 0.6) is 5.75 Å². The predicted octanol–water partition coefficient (Wildman–Crippen LogP) is 1.50. The number of imidazole rings is 1. The Hall–Kier alpha value is -1.94. The highest BCUT2D eigenvalue weighted by Gasteiger charge is 2.35. The van der Waals surface area contributed by atoms with Crippen LogP contribution in [-0.2, 0) is 14.8 Å². The van der Waals surface area contributed by atoms with Crippen molar-refractivity contribution in [1.29, 1.82) is 0 Å². The Labute approximate surface area is 160 Å². The van der Waals surface area contributed by atoms with Crippen molar-refractivity contribution in [2.75, 3.05) is 46.5 Å². The molecule has 0 spiro atoms. The van der Waals surface area contributed by atoms with Gasteiger partial charge in [-0.1, -0.05) is 6.92 Å². The van der Waals surface area contributed by atoms with Crippen molar-refractivity contribution < 1.29 is 17.9 Å². The van der Waals surface area contributed by atoms with Crippen LogP contribution in [0.2, 0.25) is 0 Å². The minimum absolute atomic E-state index is 0.0785. The molecule has 27 heavy (non-hydrogen) atoms. The standard InChI is InChI=1S/C18H26N4O4S/c1-3-21-10-11-22(14-17(21)18-19-8-9-20-18)27(23,24)16-6-4-15(5-7-16)26-13-12-25-2/h4-9,17H,3,10-14H2,1-2H3,(H,19,20). The Balaban J connectivity index is 1.74. The molecule has 1 aromatic heterocycles. The van der Waals surface area contributed by atoms with Gasteiger partial charge in [0.05, 0.1) is 17.5 Å². The largest absolute Gasteiger partial charge is 0.491 e. The van der Waals surface area contributed by atoms with E-state index in [9.17, 15) is 8.42 Å². The van der Waals surface area contributed by atoms with Crippen LogP contribution in [0.4, 0.5) is 0 Å². The summed E-state index contributed by atoms with van der Waals surface area (Å²) in [4.78, 5) is 9.94. The lowest BCUT2D eigenvalue weighted by Crippen LogP contribution is -2.50. The summed E-state index contributed by atoms with van der Waals surface area (Å²) in [7, 11) is -1.97. The highest BCUT2D eigenvalue weighted by atomic mass is 32.2. The summed E-state index contributed by atoms with van der Waals surface area (Å²) < 4.78 is 38.1. The number of sulfonamides is 1. The highest BCUT2D eigenvalue weighted by molar-refractivity contribution is 7.89. The molecule has 3 rings (SSSR count). The minimum Gasteiger partial charge on any atom is -0.491 e. The van der Waals surface area contributed by atoms with Gasteiger partial charge in [0.25, 0.3) is 0 Å². The summed E-state index contributed by atoms with van der Waals surface area (Å²) in [5, 5.41) is 0. The van der Waals surface area contributed by atoms with Gasteiger partial charge in [-0.2, -0.15) is 4.31 Å². The maximum Gasteiger partial charge on any atom is 0.243 e. The first-order chi connectivity index (χ1) is 13.1. The van der Waals surface area contributed by atoms with E-state index < -0.39 is 10.0 Å². The molecule has 148 valence electrons. The number of aromatic nitrogens is 2. The van der Waals surface area contributed by atoms with E-state index >= 15 is 0 Å². The average molecular weight is 394 g/mol. The molecular weight excluding hydrogens is 368 g/mol. The Bertz CT molecular complexity index is 808. The van der Waals surface area contributed by atoms with Crippen LogP contribution in [0.25, 0.3) is 0 Å². The van der Waals surface area contributed by atoms with E-state index in [-0.39, 0.29) is 10.9 Å². The van der Waals surface area contributed by atoms with E-state index in [0.29, 0.717) is 38.6 Å². The lowest BCUT2D eigenvalue weighted by Gasteiger charge is -2.39. The summed E-state index contributed by atoms with van der Waals surface area (Å²) >= 11 is 0. The molecular formula is C18H26N4O4S. The molecule has 8 nitrogen and oxygen atoms in total. The van der Waals surface area contributed by atoms with Crippen LogP contribution < -0.4 is 4.74 Å². The zero-order valence-electron chi connectivity index (χ0n) is 15.7. The smallest absolute Gasteiger partial charge is 0.243 e. The number of rotatable bonds is 8. The summed E-state index contributed by atoms with van der Waals surface area (Å²) in [5.74, 6) is 1.41. The molecule has 0 saturated carbocycles. The van der Waals surface area contributed by atoms with E-state index in [1.807, 2.05) is 0 Å². The lowest BCUT2D eigenvalue weighted by atomic mass is 10.2. The second kappa shape index (κ2) is 8.83. The molecule has 2 heterocycles. The van der Waals surface area contributed by atoms with Crippen molar-refractivity contribution in [3.8, 4) is 5.75 Å². The number of likely N-dealkylation sites (N-methyl/N-ethyl adjacent to an activating group) is 1. The number of piperazine rings is 1. The zero-order valence-corrected chi connectivity index (χ0v) is 16.5. The van der Waals surface area contributed by atoms with Gasteiger partial charge in [0.15, 0.2) is 0 Å². The van der Waals surface area contributed by atoms with Gasteiger partial charge in [0, 0.05) is 39.1 Å². The van der Waals surface area contributed by atoms with E-state index in [1.165, 1.54) is 4.31 Å². The Morgan fingerprint density at radius 2 is 2.00 bits per heavy atom. The molecule has 1 saturated heterocycles. The molecule has 1 unspecified atom stereocenters. The van der Waals surface area contributed by atoms with Gasteiger partial charge in [-0.05, 0) is 30.8 Å². The Kier molecular flexibility index (Phi) is 6.48. The predicted molar refractivity (Wildman–Crippen MR) is 101 cm³/mol. The lowest BCUT2D eigenvalue weighted by molar-refractivity contribution is 0.119. The molecule has 2 aromatic rings. The van der Waals surface area contributed by atoms with Crippen LogP contribution in [-0.4, -0.2) is 74.1 Å². The number of hydrogen-bond acceptors (Lipinski definition) is 6. The topological polar surface area (TPSA) is 87.8 Å². The van der Waals surface area contributed by atoms with Gasteiger partial charge in [0.2, 0.25) is 10.0 Å². The van der Waals surface area contributed by atoms with Crippen molar-refractivity contribution in [3.63, 3.8) is 0 Å². The highest BCUT2D eigenvalue weighted by Crippen LogP contribution is 2.27. The number of ether oxygens (including phenoxy) is 2. The number of nitrogens with zero attached hydrogens (tertiary/aromatic N) is 3. The van der Waals surface area contributed by atoms with Crippen molar-refractivity contribution in [3.05, 3.63) is 42.5 Å².